The third kappa shape index (κ3) is 5.57. The lowest BCUT2D eigenvalue weighted by atomic mass is 9.94. The second-order valence-electron chi connectivity index (χ2n) is 6.47. The summed E-state index contributed by atoms with van der Waals surface area (Å²) in [6.07, 6.45) is 2.97. The maximum atomic E-state index is 12.5. The van der Waals surface area contributed by atoms with E-state index in [9.17, 15) is 9.90 Å². The Kier molecular flexibility index (Phi) is 6.53. The monoisotopic (exact) mass is 342 g/mol. The molecule has 0 radical (unpaired) electrons. The van der Waals surface area contributed by atoms with E-state index < -0.39 is 5.54 Å². The Morgan fingerprint density at radius 2 is 2.12 bits per heavy atom. The van der Waals surface area contributed by atoms with Crippen LogP contribution in [0, 0.1) is 6.92 Å². The van der Waals surface area contributed by atoms with Gasteiger partial charge in [0.2, 0.25) is 0 Å². The molecule has 0 fully saturated rings. The zero-order chi connectivity index (χ0) is 18.3. The smallest absolute Gasteiger partial charge is 0.251 e. The maximum absolute atomic E-state index is 12.5. The van der Waals surface area contributed by atoms with Crippen LogP contribution in [0.3, 0.4) is 0 Å². The zero-order valence-corrected chi connectivity index (χ0v) is 15.1. The Morgan fingerprint density at radius 1 is 1.32 bits per heavy atom. The van der Waals surface area contributed by atoms with Crippen LogP contribution in [0.4, 0.5) is 0 Å². The molecule has 0 spiro atoms. The van der Waals surface area contributed by atoms with E-state index >= 15 is 0 Å². The van der Waals surface area contributed by atoms with Crippen molar-refractivity contribution in [2.24, 2.45) is 0 Å². The number of aliphatic hydroxyl groups is 1. The van der Waals surface area contributed by atoms with Gasteiger partial charge in [0, 0.05) is 23.4 Å². The Labute approximate surface area is 149 Å². The minimum absolute atomic E-state index is 0.0447. The van der Waals surface area contributed by atoms with E-state index in [1.165, 1.54) is 0 Å². The summed E-state index contributed by atoms with van der Waals surface area (Å²) in [6.45, 7) is 6.28. The van der Waals surface area contributed by atoms with Gasteiger partial charge in [0.15, 0.2) is 0 Å². The molecule has 2 rings (SSSR count). The van der Waals surface area contributed by atoms with Crippen molar-refractivity contribution in [3.05, 3.63) is 59.4 Å². The van der Waals surface area contributed by atoms with Crippen LogP contribution in [-0.2, 0) is 6.61 Å². The number of benzene rings is 1. The zero-order valence-electron chi connectivity index (χ0n) is 15.1. The predicted octanol–water partition coefficient (Wildman–Crippen LogP) is 3.25. The summed E-state index contributed by atoms with van der Waals surface area (Å²) in [7, 11) is 0. The average molecular weight is 342 g/mol. The number of aryl methyl sites for hydroxylation is 1. The van der Waals surface area contributed by atoms with Crippen LogP contribution in [0.1, 0.15) is 48.3 Å². The van der Waals surface area contributed by atoms with Crippen molar-refractivity contribution in [3.8, 4) is 5.75 Å². The molecular formula is C20H26N2O3. The van der Waals surface area contributed by atoms with Crippen molar-refractivity contribution in [1.29, 1.82) is 0 Å². The largest absolute Gasteiger partial charge is 0.487 e. The number of carbonyl (C=O) groups is 1. The number of aromatic nitrogens is 1. The Morgan fingerprint density at radius 3 is 2.76 bits per heavy atom. The highest BCUT2D eigenvalue weighted by atomic mass is 16.5. The molecule has 1 aromatic heterocycles. The van der Waals surface area contributed by atoms with Crippen LogP contribution in [0.5, 0.6) is 5.75 Å². The lowest BCUT2D eigenvalue weighted by Crippen LogP contribution is -2.46. The molecule has 5 heteroatoms. The van der Waals surface area contributed by atoms with Gasteiger partial charge in [-0.05, 0) is 56.5 Å². The van der Waals surface area contributed by atoms with Crippen LogP contribution in [0.15, 0.2) is 42.6 Å². The summed E-state index contributed by atoms with van der Waals surface area (Å²) in [6, 6.07) is 11.1. The van der Waals surface area contributed by atoms with Gasteiger partial charge in [0.1, 0.15) is 12.4 Å². The van der Waals surface area contributed by atoms with Crippen LogP contribution < -0.4 is 10.1 Å². The molecular weight excluding hydrogens is 316 g/mol. The van der Waals surface area contributed by atoms with E-state index in [1.807, 2.05) is 51.1 Å². The number of hydrogen-bond donors (Lipinski definition) is 2. The number of ether oxygens (including phenoxy) is 1. The van der Waals surface area contributed by atoms with Gasteiger partial charge in [-0.15, -0.1) is 0 Å². The molecule has 0 bridgehead atoms. The number of nitrogens with one attached hydrogen (secondary N) is 1. The van der Waals surface area contributed by atoms with Gasteiger partial charge in [0.05, 0.1) is 6.20 Å². The normalized spacial score (nSPS) is 13.1. The fraction of sp³-hybridized carbons (Fsp3) is 0.400. The summed E-state index contributed by atoms with van der Waals surface area (Å²) >= 11 is 0. The molecule has 0 aliphatic heterocycles. The summed E-state index contributed by atoms with van der Waals surface area (Å²) in [5.74, 6) is 0.554. The molecule has 0 aliphatic rings. The first kappa shape index (κ1) is 18.9. The first-order valence-corrected chi connectivity index (χ1v) is 8.53. The molecule has 2 N–H and O–H groups in total. The number of aliphatic hydroxyl groups excluding tert-OH is 1. The fourth-order valence-corrected chi connectivity index (χ4v) is 2.43. The van der Waals surface area contributed by atoms with E-state index in [2.05, 4.69) is 10.3 Å². The fourth-order valence-electron chi connectivity index (χ4n) is 2.43. The highest BCUT2D eigenvalue weighted by molar-refractivity contribution is 5.94. The molecule has 0 saturated heterocycles. The van der Waals surface area contributed by atoms with Crippen molar-refractivity contribution >= 4 is 5.91 Å². The predicted molar refractivity (Wildman–Crippen MR) is 97.6 cm³/mol. The number of rotatable bonds is 8. The van der Waals surface area contributed by atoms with Crippen LogP contribution in [0.2, 0.25) is 0 Å². The Bertz CT molecular complexity index is 700. The van der Waals surface area contributed by atoms with Gasteiger partial charge in [-0.3, -0.25) is 9.78 Å². The average Bonchev–Trinajstić information content (AvgIpc) is 2.61. The van der Waals surface area contributed by atoms with Gasteiger partial charge in [-0.25, -0.2) is 0 Å². The third-order valence-electron chi connectivity index (χ3n) is 4.34. The Hall–Kier alpha value is -2.40. The molecule has 25 heavy (non-hydrogen) atoms. The molecule has 1 heterocycles. The van der Waals surface area contributed by atoms with Crippen molar-refractivity contribution in [3.63, 3.8) is 0 Å². The van der Waals surface area contributed by atoms with Crippen molar-refractivity contribution < 1.29 is 14.6 Å². The topological polar surface area (TPSA) is 71.5 Å². The second kappa shape index (κ2) is 8.62. The molecule has 1 atom stereocenters. The van der Waals surface area contributed by atoms with Gasteiger partial charge in [-0.2, -0.15) is 0 Å². The maximum Gasteiger partial charge on any atom is 0.251 e. The van der Waals surface area contributed by atoms with Crippen molar-refractivity contribution in [1.82, 2.24) is 10.3 Å². The first-order chi connectivity index (χ1) is 12.0. The highest BCUT2D eigenvalue weighted by Gasteiger charge is 2.24. The quantitative estimate of drug-likeness (QED) is 0.772. The van der Waals surface area contributed by atoms with E-state index in [0.717, 1.165) is 17.7 Å². The van der Waals surface area contributed by atoms with Gasteiger partial charge < -0.3 is 15.2 Å². The molecule has 0 saturated carbocycles. The van der Waals surface area contributed by atoms with Crippen molar-refractivity contribution in [2.75, 3.05) is 6.61 Å². The van der Waals surface area contributed by atoms with Crippen molar-refractivity contribution in [2.45, 2.75) is 45.8 Å². The lowest BCUT2D eigenvalue weighted by Gasteiger charge is -2.29. The molecule has 0 aliphatic carbocycles. The minimum Gasteiger partial charge on any atom is -0.487 e. The number of amides is 1. The summed E-state index contributed by atoms with van der Waals surface area (Å²) < 4.78 is 5.72. The number of pyridine rings is 1. The van der Waals surface area contributed by atoms with Gasteiger partial charge in [0.25, 0.3) is 5.91 Å². The lowest BCUT2D eigenvalue weighted by molar-refractivity contribution is 0.0886. The van der Waals surface area contributed by atoms with Crippen LogP contribution >= 0.6 is 0 Å². The second-order valence-corrected chi connectivity index (χ2v) is 6.47. The summed E-state index contributed by atoms with van der Waals surface area (Å²) in [4.78, 5) is 16.7. The third-order valence-corrected chi connectivity index (χ3v) is 4.34. The van der Waals surface area contributed by atoms with Gasteiger partial charge >= 0.3 is 0 Å². The van der Waals surface area contributed by atoms with Crippen LogP contribution in [-0.4, -0.2) is 28.1 Å². The molecule has 1 aromatic carbocycles. The first-order valence-electron chi connectivity index (χ1n) is 8.53. The molecule has 2 aromatic rings. The molecule has 1 unspecified atom stereocenters. The molecule has 5 nitrogen and oxygen atoms in total. The summed E-state index contributed by atoms with van der Waals surface area (Å²) in [5.41, 5.74) is 2.02. The van der Waals surface area contributed by atoms with Gasteiger partial charge in [-0.1, -0.05) is 19.1 Å². The van der Waals surface area contributed by atoms with E-state index in [0.29, 0.717) is 24.3 Å². The van der Waals surface area contributed by atoms with Crippen LogP contribution in [0.25, 0.3) is 0 Å². The SMILES string of the molecule is CCC(C)(CCO)NC(=O)c1cccc(COc2ccc(C)nc2)c1. The Balaban J connectivity index is 2.02. The summed E-state index contributed by atoms with van der Waals surface area (Å²) in [5, 5.41) is 12.2. The van der Waals surface area contributed by atoms with E-state index in [-0.39, 0.29) is 12.5 Å². The standard InChI is InChI=1S/C20H26N2O3/c1-4-20(3,10-11-23)22-19(24)17-7-5-6-16(12-17)14-25-18-9-8-15(2)21-13-18/h5-9,12-13,23H,4,10-11,14H2,1-3H3,(H,22,24). The molecule has 1 amide bonds. The number of nitrogens with zero attached hydrogens (tertiary/aromatic N) is 1. The minimum atomic E-state index is -0.411. The van der Waals surface area contributed by atoms with E-state index in [4.69, 9.17) is 4.74 Å². The van der Waals surface area contributed by atoms with E-state index in [1.54, 1.807) is 12.3 Å². The number of hydrogen-bond acceptors (Lipinski definition) is 4. The highest BCUT2D eigenvalue weighted by Crippen LogP contribution is 2.16. The molecule has 134 valence electrons. The number of carbonyl (C=O) groups excluding carboxylic acids is 1.